The van der Waals surface area contributed by atoms with E-state index in [9.17, 15) is 9.59 Å². The zero-order valence-corrected chi connectivity index (χ0v) is 22.4. The van der Waals surface area contributed by atoms with Crippen LogP contribution < -0.4 is 5.56 Å². The summed E-state index contributed by atoms with van der Waals surface area (Å²) in [6.07, 6.45) is 5.60. The number of hydrogen-bond donors (Lipinski definition) is 0. The average Bonchev–Trinajstić information content (AvgIpc) is 3.49. The Hall–Kier alpha value is -2.20. The average molecular weight is 526 g/mol. The number of thiophene rings is 1. The number of para-hydroxylation sites is 1. The second-order valence-electron chi connectivity index (χ2n) is 9.91. The molecule has 0 radical (unpaired) electrons. The summed E-state index contributed by atoms with van der Waals surface area (Å²) in [5.74, 6) is -0.451. The quantitative estimate of drug-likeness (QED) is 0.369. The molecule has 9 heteroatoms. The minimum absolute atomic E-state index is 0.0219. The molecule has 1 aromatic carbocycles. The van der Waals surface area contributed by atoms with Gasteiger partial charge >= 0.3 is 0 Å². The number of amides is 1. The number of carbonyl (C=O) groups excluding carboxylic acids is 1. The maximum atomic E-state index is 14.0. The molecule has 6 rings (SSSR count). The van der Waals surface area contributed by atoms with Crippen molar-refractivity contribution in [3.05, 3.63) is 50.6 Å². The van der Waals surface area contributed by atoms with Gasteiger partial charge in [0.15, 0.2) is 10.9 Å². The first-order valence-electron chi connectivity index (χ1n) is 12.8. The van der Waals surface area contributed by atoms with Crippen molar-refractivity contribution in [3.63, 3.8) is 0 Å². The van der Waals surface area contributed by atoms with Gasteiger partial charge in [0.1, 0.15) is 4.83 Å². The van der Waals surface area contributed by atoms with Crippen LogP contribution in [0.1, 0.15) is 48.6 Å². The second kappa shape index (κ2) is 9.59. The highest BCUT2D eigenvalue weighted by Gasteiger charge is 2.41. The highest BCUT2D eigenvalue weighted by Crippen LogP contribution is 2.37. The minimum atomic E-state index is -0.511. The summed E-state index contributed by atoms with van der Waals surface area (Å²) in [5.41, 5.74) is 2.99. The van der Waals surface area contributed by atoms with E-state index in [1.807, 2.05) is 43.0 Å². The van der Waals surface area contributed by atoms with Gasteiger partial charge in [-0.1, -0.05) is 30.0 Å². The van der Waals surface area contributed by atoms with Crippen LogP contribution in [0.3, 0.4) is 0 Å². The normalized spacial score (nSPS) is 20.1. The Bertz CT molecular complexity index is 1370. The number of aromatic nitrogens is 2. The largest absolute Gasteiger partial charge is 0.347 e. The molecular formula is C27H31N3O4S2. The van der Waals surface area contributed by atoms with Gasteiger partial charge < -0.3 is 14.4 Å². The molecule has 0 N–H and O–H groups in total. The van der Waals surface area contributed by atoms with Gasteiger partial charge in [-0.25, -0.2) is 4.98 Å². The third-order valence-electron chi connectivity index (χ3n) is 7.59. The Labute approximate surface area is 218 Å². The number of rotatable bonds is 4. The third-order valence-corrected chi connectivity index (χ3v) is 9.82. The molecule has 3 aromatic rings. The van der Waals surface area contributed by atoms with Crippen LogP contribution in [-0.4, -0.2) is 57.7 Å². The molecule has 7 nitrogen and oxygen atoms in total. The summed E-state index contributed by atoms with van der Waals surface area (Å²) in [6, 6.07) is 7.89. The smallest absolute Gasteiger partial charge is 0.267 e. The summed E-state index contributed by atoms with van der Waals surface area (Å²) >= 11 is 3.03. The van der Waals surface area contributed by atoms with Crippen LogP contribution in [0, 0.1) is 6.92 Å². The van der Waals surface area contributed by atoms with Crippen molar-refractivity contribution in [1.82, 2.24) is 14.5 Å². The lowest BCUT2D eigenvalue weighted by molar-refractivity contribution is -0.187. The number of likely N-dealkylation sites (tertiary alicyclic amines) is 1. The molecule has 2 aliphatic heterocycles. The van der Waals surface area contributed by atoms with E-state index < -0.39 is 5.79 Å². The summed E-state index contributed by atoms with van der Waals surface area (Å²) in [7, 11) is 0. The molecule has 36 heavy (non-hydrogen) atoms. The molecular weight excluding hydrogens is 494 g/mol. The molecule has 190 valence electrons. The lowest BCUT2D eigenvalue weighted by Gasteiger charge is -2.38. The lowest BCUT2D eigenvalue weighted by Crippen LogP contribution is -2.49. The van der Waals surface area contributed by atoms with E-state index in [-0.39, 0.29) is 16.7 Å². The van der Waals surface area contributed by atoms with Gasteiger partial charge in [0, 0.05) is 30.8 Å². The molecule has 2 aromatic heterocycles. The fourth-order valence-electron chi connectivity index (χ4n) is 5.61. The predicted octanol–water partition coefficient (Wildman–Crippen LogP) is 4.48. The topological polar surface area (TPSA) is 73.7 Å². The van der Waals surface area contributed by atoms with Crippen molar-refractivity contribution < 1.29 is 14.3 Å². The van der Waals surface area contributed by atoms with Gasteiger partial charge in [0.2, 0.25) is 5.91 Å². The standard InChI is InChI=1S/C27H31N3O4S2/c1-17-7-3-5-9-20(17)30-25(32)22-19-8-4-6-10-21(19)36-23(22)28-26(30)35-18(2)24(31)29-13-11-27(12-14-29)33-15-16-34-27/h3,5,7,9,18H,4,6,8,10-16H2,1-2H3. The van der Waals surface area contributed by atoms with E-state index in [4.69, 9.17) is 14.5 Å². The number of nitrogens with zero attached hydrogens (tertiary/aromatic N) is 3. The van der Waals surface area contributed by atoms with Crippen LogP contribution in [0.4, 0.5) is 0 Å². The zero-order valence-electron chi connectivity index (χ0n) is 20.7. The van der Waals surface area contributed by atoms with Crippen molar-refractivity contribution in [2.24, 2.45) is 0 Å². The van der Waals surface area contributed by atoms with E-state index in [0.29, 0.717) is 44.3 Å². The number of piperidine rings is 1. The summed E-state index contributed by atoms with van der Waals surface area (Å²) in [4.78, 5) is 36.5. The monoisotopic (exact) mass is 525 g/mol. The van der Waals surface area contributed by atoms with Gasteiger partial charge in [-0.2, -0.15) is 0 Å². The first-order valence-corrected chi connectivity index (χ1v) is 14.5. The van der Waals surface area contributed by atoms with Gasteiger partial charge in [-0.3, -0.25) is 14.2 Å². The Morgan fingerprint density at radius 1 is 1.14 bits per heavy atom. The van der Waals surface area contributed by atoms with Crippen LogP contribution in [0.2, 0.25) is 0 Å². The molecule has 2 saturated heterocycles. The Balaban J connectivity index is 1.34. The number of thioether (sulfide) groups is 1. The number of carbonyl (C=O) groups is 1. The lowest BCUT2D eigenvalue weighted by atomic mass is 9.97. The Morgan fingerprint density at radius 2 is 1.86 bits per heavy atom. The van der Waals surface area contributed by atoms with E-state index >= 15 is 0 Å². The van der Waals surface area contributed by atoms with Crippen molar-refractivity contribution in [2.45, 2.75) is 68.6 Å². The summed E-state index contributed by atoms with van der Waals surface area (Å²) in [5, 5.41) is 0.968. The molecule has 2 fully saturated rings. The number of aryl methyl sites for hydroxylation is 3. The maximum absolute atomic E-state index is 14.0. The molecule has 1 amide bonds. The van der Waals surface area contributed by atoms with Gasteiger partial charge in [0.05, 0.1) is 29.5 Å². The fourth-order valence-corrected chi connectivity index (χ4v) is 7.92. The predicted molar refractivity (Wildman–Crippen MR) is 142 cm³/mol. The third kappa shape index (κ3) is 4.20. The Morgan fingerprint density at radius 3 is 2.61 bits per heavy atom. The number of ether oxygens (including phenoxy) is 2. The SMILES string of the molecule is Cc1ccccc1-n1c(SC(C)C(=O)N2CCC3(CC2)OCCO3)nc2sc3c(c2c1=O)CCCC3. The van der Waals surface area contributed by atoms with Crippen LogP contribution in [0.5, 0.6) is 0 Å². The van der Waals surface area contributed by atoms with Crippen LogP contribution >= 0.6 is 23.1 Å². The minimum Gasteiger partial charge on any atom is -0.347 e. The fraction of sp³-hybridized carbons (Fsp3) is 0.519. The highest BCUT2D eigenvalue weighted by molar-refractivity contribution is 8.00. The molecule has 4 heterocycles. The molecule has 1 spiro atoms. The molecule has 0 saturated carbocycles. The summed E-state index contributed by atoms with van der Waals surface area (Å²) < 4.78 is 13.4. The van der Waals surface area contributed by atoms with Crippen LogP contribution in [0.15, 0.2) is 34.2 Å². The highest BCUT2D eigenvalue weighted by atomic mass is 32.2. The van der Waals surface area contributed by atoms with Crippen LogP contribution in [-0.2, 0) is 27.1 Å². The molecule has 1 unspecified atom stereocenters. The Kier molecular flexibility index (Phi) is 6.44. The first-order chi connectivity index (χ1) is 17.5. The molecule has 3 aliphatic rings. The zero-order chi connectivity index (χ0) is 24.9. The van der Waals surface area contributed by atoms with Crippen LogP contribution in [0.25, 0.3) is 15.9 Å². The van der Waals surface area contributed by atoms with Crippen molar-refractivity contribution in [1.29, 1.82) is 0 Å². The van der Waals surface area contributed by atoms with E-state index in [2.05, 4.69) is 0 Å². The molecule has 0 bridgehead atoms. The van der Waals surface area contributed by atoms with Crippen molar-refractivity contribution >= 4 is 39.2 Å². The van der Waals surface area contributed by atoms with Crippen molar-refractivity contribution in [3.8, 4) is 5.69 Å². The first kappa shape index (κ1) is 24.2. The van der Waals surface area contributed by atoms with Gasteiger partial charge in [-0.05, 0) is 56.7 Å². The molecule has 1 aliphatic carbocycles. The van der Waals surface area contributed by atoms with Gasteiger partial charge in [-0.15, -0.1) is 11.3 Å². The van der Waals surface area contributed by atoms with E-state index in [1.165, 1.54) is 22.2 Å². The van der Waals surface area contributed by atoms with Gasteiger partial charge in [0.25, 0.3) is 5.56 Å². The molecule has 1 atom stereocenters. The number of benzene rings is 1. The number of fused-ring (bicyclic) bond motifs is 3. The summed E-state index contributed by atoms with van der Waals surface area (Å²) in [6.45, 7) is 6.39. The maximum Gasteiger partial charge on any atom is 0.267 e. The van der Waals surface area contributed by atoms with E-state index in [1.54, 1.807) is 15.9 Å². The second-order valence-corrected chi connectivity index (χ2v) is 12.3. The van der Waals surface area contributed by atoms with Crippen molar-refractivity contribution in [2.75, 3.05) is 26.3 Å². The number of hydrogen-bond acceptors (Lipinski definition) is 7. The van der Waals surface area contributed by atoms with E-state index in [0.717, 1.165) is 47.2 Å².